The van der Waals surface area contributed by atoms with Crippen LogP contribution in [0.3, 0.4) is 0 Å². The van der Waals surface area contributed by atoms with E-state index in [9.17, 15) is 9.18 Å². The second kappa shape index (κ2) is 7.38. The summed E-state index contributed by atoms with van der Waals surface area (Å²) in [5, 5.41) is 4.00. The average molecular weight is 348 g/mol. The molecule has 1 atom stereocenters. The maximum absolute atomic E-state index is 14.0. The molecule has 0 aliphatic carbocycles. The fraction of sp³-hybridized carbons (Fsp3) is 0.444. The quantitative estimate of drug-likeness (QED) is 0.849. The molecule has 4 nitrogen and oxygen atoms in total. The first-order valence-corrected chi connectivity index (χ1v) is 9.16. The standard InChI is InChI=1S/C18H21FN2O2S/c1-12-15(13(2)23-20-12)11-18(22)21-8-7-17(24-10-9-21)14-5-3-4-6-16(14)19/h3-6,17H,7-11H2,1-2H3/t17-/m1/s1. The molecule has 0 saturated carbocycles. The van der Waals surface area contributed by atoms with Crippen molar-refractivity contribution in [2.24, 2.45) is 0 Å². The van der Waals surface area contributed by atoms with E-state index in [1.54, 1.807) is 17.8 Å². The van der Waals surface area contributed by atoms with Crippen molar-refractivity contribution in [2.45, 2.75) is 31.9 Å². The molecular formula is C18H21FN2O2S. The Kier molecular flexibility index (Phi) is 5.23. The Bertz CT molecular complexity index is 712. The van der Waals surface area contributed by atoms with Gasteiger partial charge >= 0.3 is 0 Å². The van der Waals surface area contributed by atoms with Gasteiger partial charge in [0.15, 0.2) is 0 Å². The lowest BCUT2D eigenvalue weighted by Crippen LogP contribution is -2.34. The number of carbonyl (C=O) groups excluding carboxylic acids is 1. The molecule has 1 aromatic carbocycles. The molecule has 3 rings (SSSR count). The number of carbonyl (C=O) groups is 1. The van der Waals surface area contributed by atoms with Crippen LogP contribution in [0.25, 0.3) is 0 Å². The summed E-state index contributed by atoms with van der Waals surface area (Å²) in [4.78, 5) is 14.5. The molecule has 1 amide bonds. The van der Waals surface area contributed by atoms with Gasteiger partial charge in [-0.25, -0.2) is 4.39 Å². The molecule has 0 radical (unpaired) electrons. The zero-order chi connectivity index (χ0) is 17.1. The van der Waals surface area contributed by atoms with E-state index in [-0.39, 0.29) is 17.0 Å². The van der Waals surface area contributed by atoms with Gasteiger partial charge in [0, 0.05) is 35.2 Å². The lowest BCUT2D eigenvalue weighted by atomic mass is 10.1. The first-order valence-electron chi connectivity index (χ1n) is 8.12. The van der Waals surface area contributed by atoms with Gasteiger partial charge in [0.25, 0.3) is 0 Å². The van der Waals surface area contributed by atoms with E-state index in [0.29, 0.717) is 25.3 Å². The molecule has 0 bridgehead atoms. The second-order valence-electron chi connectivity index (χ2n) is 6.03. The molecule has 2 aromatic rings. The summed E-state index contributed by atoms with van der Waals surface area (Å²) in [5.41, 5.74) is 2.39. The summed E-state index contributed by atoms with van der Waals surface area (Å²) < 4.78 is 19.1. The Labute approximate surface area is 145 Å². The maximum Gasteiger partial charge on any atom is 0.227 e. The lowest BCUT2D eigenvalue weighted by Gasteiger charge is -2.20. The molecule has 0 spiro atoms. The number of hydrogen-bond donors (Lipinski definition) is 0. The number of benzene rings is 1. The highest BCUT2D eigenvalue weighted by atomic mass is 32.2. The van der Waals surface area contributed by atoms with Crippen molar-refractivity contribution in [2.75, 3.05) is 18.8 Å². The minimum Gasteiger partial charge on any atom is -0.361 e. The van der Waals surface area contributed by atoms with Crippen molar-refractivity contribution >= 4 is 17.7 Å². The van der Waals surface area contributed by atoms with Crippen LogP contribution < -0.4 is 0 Å². The third-order valence-corrected chi connectivity index (χ3v) is 5.77. The van der Waals surface area contributed by atoms with Crippen LogP contribution in [0, 0.1) is 19.7 Å². The summed E-state index contributed by atoms with van der Waals surface area (Å²) in [6, 6.07) is 6.92. The number of nitrogens with zero attached hydrogens (tertiary/aromatic N) is 2. The van der Waals surface area contributed by atoms with Crippen LogP contribution in [0.2, 0.25) is 0 Å². The van der Waals surface area contributed by atoms with E-state index in [1.165, 1.54) is 6.07 Å². The zero-order valence-corrected chi connectivity index (χ0v) is 14.7. The number of hydrogen-bond acceptors (Lipinski definition) is 4. The van der Waals surface area contributed by atoms with Gasteiger partial charge in [-0.1, -0.05) is 23.4 Å². The van der Waals surface area contributed by atoms with Crippen LogP contribution >= 0.6 is 11.8 Å². The predicted octanol–water partition coefficient (Wildman–Crippen LogP) is 3.68. The molecule has 1 aliphatic heterocycles. The van der Waals surface area contributed by atoms with Gasteiger partial charge in [-0.05, 0) is 26.3 Å². The Morgan fingerprint density at radius 2 is 2.17 bits per heavy atom. The van der Waals surface area contributed by atoms with Crippen LogP contribution in [0.1, 0.15) is 34.3 Å². The second-order valence-corrected chi connectivity index (χ2v) is 7.34. The van der Waals surface area contributed by atoms with Gasteiger partial charge in [-0.2, -0.15) is 11.8 Å². The topological polar surface area (TPSA) is 46.3 Å². The molecule has 128 valence electrons. The van der Waals surface area contributed by atoms with Crippen molar-refractivity contribution in [3.8, 4) is 0 Å². The third kappa shape index (κ3) is 3.64. The average Bonchev–Trinajstić information content (AvgIpc) is 2.79. The third-order valence-electron chi connectivity index (χ3n) is 4.46. The predicted molar refractivity (Wildman–Crippen MR) is 92.5 cm³/mol. The summed E-state index contributed by atoms with van der Waals surface area (Å²) in [6.07, 6.45) is 1.08. The summed E-state index contributed by atoms with van der Waals surface area (Å²) >= 11 is 1.72. The van der Waals surface area contributed by atoms with Gasteiger partial charge in [0.2, 0.25) is 5.91 Å². The van der Waals surface area contributed by atoms with Crippen LogP contribution in [-0.2, 0) is 11.2 Å². The van der Waals surface area contributed by atoms with Crippen molar-refractivity contribution in [1.29, 1.82) is 0 Å². The number of aromatic nitrogens is 1. The molecule has 1 fully saturated rings. The highest BCUT2D eigenvalue weighted by Crippen LogP contribution is 2.35. The van der Waals surface area contributed by atoms with Gasteiger partial charge < -0.3 is 9.42 Å². The van der Waals surface area contributed by atoms with Gasteiger partial charge in [0.1, 0.15) is 11.6 Å². The van der Waals surface area contributed by atoms with Crippen LogP contribution in [-0.4, -0.2) is 34.8 Å². The molecule has 1 aromatic heterocycles. The van der Waals surface area contributed by atoms with Crippen LogP contribution in [0.4, 0.5) is 4.39 Å². The van der Waals surface area contributed by atoms with Crippen molar-refractivity contribution < 1.29 is 13.7 Å². The van der Waals surface area contributed by atoms with E-state index < -0.39 is 0 Å². The lowest BCUT2D eigenvalue weighted by molar-refractivity contribution is -0.130. The Hall–Kier alpha value is -1.82. The van der Waals surface area contributed by atoms with E-state index in [2.05, 4.69) is 5.16 Å². The Morgan fingerprint density at radius 3 is 2.88 bits per heavy atom. The van der Waals surface area contributed by atoms with Gasteiger partial charge in [0.05, 0.1) is 12.1 Å². The summed E-state index contributed by atoms with van der Waals surface area (Å²) in [7, 11) is 0. The van der Waals surface area contributed by atoms with Crippen molar-refractivity contribution in [3.63, 3.8) is 0 Å². The van der Waals surface area contributed by atoms with E-state index in [1.807, 2.05) is 30.9 Å². The summed E-state index contributed by atoms with van der Waals surface area (Å²) in [5.74, 6) is 1.44. The van der Waals surface area contributed by atoms with Crippen LogP contribution in [0.5, 0.6) is 0 Å². The van der Waals surface area contributed by atoms with Gasteiger partial charge in [-0.3, -0.25) is 4.79 Å². The van der Waals surface area contributed by atoms with Gasteiger partial charge in [-0.15, -0.1) is 0 Å². The fourth-order valence-corrected chi connectivity index (χ4v) is 4.27. The maximum atomic E-state index is 14.0. The monoisotopic (exact) mass is 348 g/mol. The summed E-state index contributed by atoms with van der Waals surface area (Å²) in [6.45, 7) is 5.02. The minimum absolute atomic E-state index is 0.0826. The Morgan fingerprint density at radius 1 is 1.38 bits per heavy atom. The van der Waals surface area contributed by atoms with Crippen molar-refractivity contribution in [3.05, 3.63) is 52.7 Å². The highest BCUT2D eigenvalue weighted by molar-refractivity contribution is 7.99. The molecule has 6 heteroatoms. The zero-order valence-electron chi connectivity index (χ0n) is 13.9. The van der Waals surface area contributed by atoms with Crippen molar-refractivity contribution in [1.82, 2.24) is 10.1 Å². The Balaban J connectivity index is 1.65. The van der Waals surface area contributed by atoms with E-state index >= 15 is 0 Å². The smallest absolute Gasteiger partial charge is 0.227 e. The number of thioether (sulfide) groups is 1. The highest BCUT2D eigenvalue weighted by Gasteiger charge is 2.25. The van der Waals surface area contributed by atoms with Crippen LogP contribution in [0.15, 0.2) is 28.8 Å². The normalized spacial score (nSPS) is 18.5. The fourth-order valence-electron chi connectivity index (χ4n) is 3.02. The number of rotatable bonds is 3. The molecule has 0 N–H and O–H groups in total. The molecule has 2 heterocycles. The molecule has 1 saturated heterocycles. The number of halogens is 1. The molecule has 0 unspecified atom stereocenters. The van der Waals surface area contributed by atoms with E-state index in [4.69, 9.17) is 4.52 Å². The number of aryl methyl sites for hydroxylation is 2. The largest absolute Gasteiger partial charge is 0.361 e. The molecule has 24 heavy (non-hydrogen) atoms. The SMILES string of the molecule is Cc1noc(C)c1CC(=O)N1CCS[C@@H](c2ccccc2F)CC1. The molecule has 1 aliphatic rings. The first-order chi connectivity index (χ1) is 11.6. The van der Waals surface area contributed by atoms with E-state index in [0.717, 1.165) is 29.0 Å². The minimum atomic E-state index is -0.162. The number of amides is 1. The first kappa shape index (κ1) is 17.0. The molecular weight excluding hydrogens is 327 g/mol.